The number of nitrogens with one attached hydrogen (secondary N) is 1. The molecule has 0 aromatic heterocycles. The van der Waals surface area contributed by atoms with Crippen molar-refractivity contribution in [1.29, 1.82) is 0 Å². The zero-order chi connectivity index (χ0) is 20.6. The molecule has 0 spiro atoms. The number of ether oxygens (including phenoxy) is 3. The summed E-state index contributed by atoms with van der Waals surface area (Å²) in [7, 11) is -3.94. The van der Waals surface area contributed by atoms with E-state index < -0.39 is 28.1 Å². The Bertz CT molecular complexity index is 913. The van der Waals surface area contributed by atoms with Gasteiger partial charge in [0.15, 0.2) is 17.6 Å². The Hall–Kier alpha value is -2.33. The molecule has 2 heterocycles. The van der Waals surface area contributed by atoms with E-state index in [0.29, 0.717) is 37.6 Å². The highest BCUT2D eigenvalue weighted by Crippen LogP contribution is 2.35. The first-order valence-electron chi connectivity index (χ1n) is 9.78. The SMILES string of the molecule is C[C@H](OC(=O)[C@@H]1CCCN1S(=O)(=O)c1ccc2c(c1)OCCO2)C(=O)NC1CC1. The fourth-order valence-corrected chi connectivity index (χ4v) is 5.10. The summed E-state index contributed by atoms with van der Waals surface area (Å²) in [6.07, 6.45) is 1.77. The van der Waals surface area contributed by atoms with Gasteiger partial charge in [-0.1, -0.05) is 0 Å². The van der Waals surface area contributed by atoms with Crippen molar-refractivity contribution in [3.05, 3.63) is 18.2 Å². The maximum Gasteiger partial charge on any atom is 0.325 e. The number of benzene rings is 1. The van der Waals surface area contributed by atoms with Crippen LogP contribution in [0, 0.1) is 0 Å². The molecule has 2 fully saturated rings. The van der Waals surface area contributed by atoms with Gasteiger partial charge in [-0.3, -0.25) is 9.59 Å². The number of nitrogens with zero attached hydrogens (tertiary/aromatic N) is 1. The molecule has 1 aromatic carbocycles. The third-order valence-corrected chi connectivity index (χ3v) is 7.09. The molecular formula is C19H24N2O7S. The normalized spacial score (nSPS) is 22.7. The molecule has 4 rings (SSSR count). The maximum absolute atomic E-state index is 13.2. The second-order valence-corrected chi connectivity index (χ2v) is 9.33. The number of amides is 1. The number of hydrogen-bond acceptors (Lipinski definition) is 7. The summed E-state index contributed by atoms with van der Waals surface area (Å²) < 4.78 is 43.6. The van der Waals surface area contributed by atoms with Crippen LogP contribution in [0.15, 0.2) is 23.1 Å². The van der Waals surface area contributed by atoms with Crippen molar-refractivity contribution >= 4 is 21.9 Å². The van der Waals surface area contributed by atoms with Crippen molar-refractivity contribution in [2.45, 2.75) is 55.7 Å². The summed E-state index contributed by atoms with van der Waals surface area (Å²) in [6, 6.07) is 3.60. The largest absolute Gasteiger partial charge is 0.486 e. The fourth-order valence-electron chi connectivity index (χ4n) is 3.44. The molecule has 29 heavy (non-hydrogen) atoms. The van der Waals surface area contributed by atoms with Gasteiger partial charge in [0.1, 0.15) is 19.3 Å². The monoisotopic (exact) mass is 424 g/mol. The van der Waals surface area contributed by atoms with Crippen LogP contribution in [-0.2, 0) is 24.3 Å². The predicted molar refractivity (Wildman–Crippen MR) is 101 cm³/mol. The molecule has 2 atom stereocenters. The molecular weight excluding hydrogens is 400 g/mol. The average Bonchev–Trinajstić information content (AvgIpc) is 3.37. The van der Waals surface area contributed by atoms with E-state index in [4.69, 9.17) is 14.2 Å². The van der Waals surface area contributed by atoms with E-state index in [9.17, 15) is 18.0 Å². The Labute approximate surface area is 169 Å². The number of fused-ring (bicyclic) bond motifs is 1. The number of sulfonamides is 1. The van der Waals surface area contributed by atoms with Crippen molar-refractivity contribution in [2.24, 2.45) is 0 Å². The maximum atomic E-state index is 13.2. The highest BCUT2D eigenvalue weighted by Gasteiger charge is 2.42. The van der Waals surface area contributed by atoms with Crippen LogP contribution in [0.1, 0.15) is 32.6 Å². The molecule has 1 saturated carbocycles. The summed E-state index contributed by atoms with van der Waals surface area (Å²) in [4.78, 5) is 24.7. The third-order valence-electron chi connectivity index (χ3n) is 5.18. The first-order chi connectivity index (χ1) is 13.9. The molecule has 3 aliphatic rings. The van der Waals surface area contributed by atoms with Crippen molar-refractivity contribution in [3.63, 3.8) is 0 Å². The van der Waals surface area contributed by atoms with E-state index in [-0.39, 0.29) is 23.4 Å². The lowest BCUT2D eigenvalue weighted by atomic mass is 10.2. The van der Waals surface area contributed by atoms with Gasteiger partial charge >= 0.3 is 5.97 Å². The van der Waals surface area contributed by atoms with E-state index in [1.54, 1.807) is 6.07 Å². The molecule has 1 aromatic rings. The Morgan fingerprint density at radius 1 is 1.17 bits per heavy atom. The van der Waals surface area contributed by atoms with Crippen LogP contribution in [-0.4, -0.2) is 62.5 Å². The minimum absolute atomic E-state index is 0.0287. The summed E-state index contributed by atoms with van der Waals surface area (Å²) in [6.45, 7) is 2.45. The van der Waals surface area contributed by atoms with Crippen LogP contribution in [0.3, 0.4) is 0 Å². The van der Waals surface area contributed by atoms with E-state index >= 15 is 0 Å². The summed E-state index contributed by atoms with van der Waals surface area (Å²) in [5.74, 6) is -0.216. The molecule has 10 heteroatoms. The Balaban J connectivity index is 1.48. The van der Waals surface area contributed by atoms with Gasteiger partial charge in [-0.25, -0.2) is 8.42 Å². The van der Waals surface area contributed by atoms with Crippen molar-refractivity contribution in [3.8, 4) is 11.5 Å². The minimum Gasteiger partial charge on any atom is -0.486 e. The van der Waals surface area contributed by atoms with Gasteiger partial charge in [-0.2, -0.15) is 4.31 Å². The Kier molecular flexibility index (Phi) is 5.39. The fraction of sp³-hybridized carbons (Fsp3) is 0.579. The van der Waals surface area contributed by atoms with E-state index in [1.807, 2.05) is 0 Å². The molecule has 0 bridgehead atoms. The molecule has 2 aliphatic heterocycles. The third kappa shape index (κ3) is 4.18. The zero-order valence-corrected chi connectivity index (χ0v) is 16.9. The lowest BCUT2D eigenvalue weighted by molar-refractivity contribution is -0.157. The molecule has 1 aliphatic carbocycles. The number of carbonyl (C=O) groups excluding carboxylic acids is 2. The highest BCUT2D eigenvalue weighted by atomic mass is 32.2. The summed E-state index contributed by atoms with van der Waals surface area (Å²) in [5.41, 5.74) is 0. The van der Waals surface area contributed by atoms with Gasteiger partial charge < -0.3 is 19.5 Å². The van der Waals surface area contributed by atoms with E-state index in [1.165, 1.54) is 19.1 Å². The number of carbonyl (C=O) groups is 2. The van der Waals surface area contributed by atoms with Crippen LogP contribution < -0.4 is 14.8 Å². The van der Waals surface area contributed by atoms with Crippen LogP contribution in [0.2, 0.25) is 0 Å². The highest BCUT2D eigenvalue weighted by molar-refractivity contribution is 7.89. The first-order valence-corrected chi connectivity index (χ1v) is 11.2. The lowest BCUT2D eigenvalue weighted by Crippen LogP contribution is -2.44. The van der Waals surface area contributed by atoms with Crippen LogP contribution >= 0.6 is 0 Å². The summed E-state index contributed by atoms with van der Waals surface area (Å²) in [5, 5.41) is 2.77. The first kappa shape index (κ1) is 20.0. The molecule has 9 nitrogen and oxygen atoms in total. The topological polar surface area (TPSA) is 111 Å². The standard InChI is InChI=1S/C19H24N2O7S/c1-12(18(22)20-13-4-5-13)28-19(23)15-3-2-8-21(15)29(24,25)14-6-7-16-17(11-14)27-10-9-26-16/h6-7,11-13,15H,2-5,8-10H2,1H3,(H,20,22)/t12-,15-/m0/s1. The van der Waals surface area contributed by atoms with Gasteiger partial charge in [0.25, 0.3) is 5.91 Å². The van der Waals surface area contributed by atoms with Gasteiger partial charge in [-0.15, -0.1) is 0 Å². The smallest absolute Gasteiger partial charge is 0.325 e. The van der Waals surface area contributed by atoms with E-state index in [0.717, 1.165) is 17.1 Å². The molecule has 1 N–H and O–H groups in total. The number of rotatable bonds is 6. The van der Waals surface area contributed by atoms with Crippen LogP contribution in [0.25, 0.3) is 0 Å². The van der Waals surface area contributed by atoms with Crippen molar-refractivity contribution < 1.29 is 32.2 Å². The van der Waals surface area contributed by atoms with Crippen LogP contribution in [0.5, 0.6) is 11.5 Å². The molecule has 158 valence electrons. The van der Waals surface area contributed by atoms with Crippen molar-refractivity contribution in [1.82, 2.24) is 9.62 Å². The molecule has 1 saturated heterocycles. The lowest BCUT2D eigenvalue weighted by Gasteiger charge is -2.25. The second kappa shape index (κ2) is 7.83. The number of hydrogen-bond donors (Lipinski definition) is 1. The molecule has 0 radical (unpaired) electrons. The van der Waals surface area contributed by atoms with Gasteiger partial charge in [0.2, 0.25) is 10.0 Å². The molecule has 1 amide bonds. The van der Waals surface area contributed by atoms with Gasteiger partial charge in [-0.05, 0) is 44.7 Å². The van der Waals surface area contributed by atoms with Crippen molar-refractivity contribution in [2.75, 3.05) is 19.8 Å². The zero-order valence-electron chi connectivity index (χ0n) is 16.1. The van der Waals surface area contributed by atoms with Crippen LogP contribution in [0.4, 0.5) is 0 Å². The minimum atomic E-state index is -3.94. The van der Waals surface area contributed by atoms with E-state index in [2.05, 4.69) is 5.32 Å². The number of esters is 1. The summed E-state index contributed by atoms with van der Waals surface area (Å²) >= 11 is 0. The van der Waals surface area contributed by atoms with Gasteiger partial charge in [0.05, 0.1) is 4.90 Å². The Morgan fingerprint density at radius 2 is 1.90 bits per heavy atom. The Morgan fingerprint density at radius 3 is 2.62 bits per heavy atom. The predicted octanol–water partition coefficient (Wildman–Crippen LogP) is 0.821. The molecule has 0 unspecified atom stereocenters. The van der Waals surface area contributed by atoms with Gasteiger partial charge in [0, 0.05) is 18.7 Å². The average molecular weight is 424 g/mol. The second-order valence-electron chi connectivity index (χ2n) is 7.44. The quantitative estimate of drug-likeness (QED) is 0.673.